The molecule has 18 heavy (non-hydrogen) atoms. The third kappa shape index (κ3) is 6.07. The second kappa shape index (κ2) is 9.00. The van der Waals surface area contributed by atoms with E-state index in [1.165, 1.54) is 12.2 Å². The van der Waals surface area contributed by atoms with Gasteiger partial charge in [0.15, 0.2) is 0 Å². The van der Waals surface area contributed by atoms with Gasteiger partial charge in [0.25, 0.3) is 0 Å². The molecule has 0 heterocycles. The van der Waals surface area contributed by atoms with Crippen molar-refractivity contribution < 1.29 is 4.79 Å². The number of anilines is 1. The van der Waals surface area contributed by atoms with Crippen molar-refractivity contribution in [2.24, 2.45) is 0 Å². The van der Waals surface area contributed by atoms with Crippen molar-refractivity contribution >= 4 is 23.4 Å². The van der Waals surface area contributed by atoms with E-state index in [0.717, 1.165) is 18.7 Å². The number of para-hydroxylation sites is 1. The van der Waals surface area contributed by atoms with Crippen molar-refractivity contribution in [3.8, 4) is 0 Å². The van der Waals surface area contributed by atoms with Gasteiger partial charge in [-0.15, -0.1) is 0 Å². The molecule has 0 saturated heterocycles. The molecule has 0 fully saturated rings. The van der Waals surface area contributed by atoms with Crippen LogP contribution in [-0.4, -0.2) is 30.5 Å². The van der Waals surface area contributed by atoms with Crippen LogP contribution in [0.1, 0.15) is 19.8 Å². The Bertz CT molecular complexity index is 343. The molecule has 0 spiro atoms. The molecule has 1 aromatic rings. The molecule has 0 radical (unpaired) electrons. The van der Waals surface area contributed by atoms with E-state index in [4.69, 9.17) is 0 Å². The molecule has 0 aliphatic carbocycles. The number of rotatable bonds is 8. The average Bonchev–Trinajstić information content (AvgIpc) is 2.39. The van der Waals surface area contributed by atoms with E-state index < -0.39 is 0 Å². The van der Waals surface area contributed by atoms with Crippen LogP contribution in [0, 0.1) is 0 Å². The maximum Gasteiger partial charge on any atom is 0.241 e. The summed E-state index contributed by atoms with van der Waals surface area (Å²) >= 11 is 1.86. The fourth-order valence-electron chi connectivity index (χ4n) is 1.55. The number of hydrogen-bond donors (Lipinski definition) is 2. The normalized spacial score (nSPS) is 12.1. The highest BCUT2D eigenvalue weighted by Gasteiger charge is 2.11. The fourth-order valence-corrected chi connectivity index (χ4v) is 2.05. The zero-order valence-electron chi connectivity index (χ0n) is 11.1. The molecule has 0 bridgehead atoms. The average molecular weight is 266 g/mol. The van der Waals surface area contributed by atoms with Crippen molar-refractivity contribution in [1.82, 2.24) is 5.32 Å². The Labute approximate surface area is 114 Å². The highest BCUT2D eigenvalue weighted by Crippen LogP contribution is 2.05. The maximum absolute atomic E-state index is 11.9. The highest BCUT2D eigenvalue weighted by molar-refractivity contribution is 7.98. The van der Waals surface area contributed by atoms with Crippen molar-refractivity contribution in [1.29, 1.82) is 0 Å². The van der Waals surface area contributed by atoms with Crippen LogP contribution in [-0.2, 0) is 4.79 Å². The van der Waals surface area contributed by atoms with Gasteiger partial charge in [-0.2, -0.15) is 11.8 Å². The number of hydrogen-bond acceptors (Lipinski definition) is 3. The van der Waals surface area contributed by atoms with Gasteiger partial charge in [0.1, 0.15) is 0 Å². The number of carbonyl (C=O) groups is 1. The SMILES string of the molecule is CSCCCCNC(C)C(=O)Nc1ccccc1. The fraction of sp³-hybridized carbons (Fsp3) is 0.500. The van der Waals surface area contributed by atoms with Gasteiger partial charge in [-0.3, -0.25) is 4.79 Å². The Morgan fingerprint density at radius 1 is 1.28 bits per heavy atom. The summed E-state index contributed by atoms with van der Waals surface area (Å²) in [6, 6.07) is 9.39. The quantitative estimate of drug-likeness (QED) is 0.711. The van der Waals surface area contributed by atoms with Gasteiger partial charge in [0.2, 0.25) is 5.91 Å². The van der Waals surface area contributed by atoms with Gasteiger partial charge in [-0.25, -0.2) is 0 Å². The first-order chi connectivity index (χ1) is 8.74. The van der Waals surface area contributed by atoms with Crippen LogP contribution in [0.2, 0.25) is 0 Å². The summed E-state index contributed by atoms with van der Waals surface area (Å²) in [5.41, 5.74) is 0.846. The number of carbonyl (C=O) groups excluding carboxylic acids is 1. The van der Waals surface area contributed by atoms with Crippen LogP contribution < -0.4 is 10.6 Å². The zero-order valence-corrected chi connectivity index (χ0v) is 11.9. The van der Waals surface area contributed by atoms with Gasteiger partial charge in [0, 0.05) is 5.69 Å². The van der Waals surface area contributed by atoms with Crippen molar-refractivity contribution in [3.63, 3.8) is 0 Å². The summed E-state index contributed by atoms with van der Waals surface area (Å²) in [6.45, 7) is 2.79. The van der Waals surface area contributed by atoms with Crippen molar-refractivity contribution in [2.75, 3.05) is 23.9 Å². The van der Waals surface area contributed by atoms with E-state index in [1.54, 1.807) is 0 Å². The van der Waals surface area contributed by atoms with Crippen LogP contribution in [0.4, 0.5) is 5.69 Å². The highest BCUT2D eigenvalue weighted by atomic mass is 32.2. The topological polar surface area (TPSA) is 41.1 Å². The second-order valence-electron chi connectivity index (χ2n) is 4.23. The first-order valence-corrected chi connectivity index (χ1v) is 7.71. The Hall–Kier alpha value is -1.00. The number of thioether (sulfide) groups is 1. The van der Waals surface area contributed by atoms with Gasteiger partial charge in [-0.05, 0) is 50.5 Å². The molecule has 0 aliphatic rings. The Morgan fingerprint density at radius 2 is 2.00 bits per heavy atom. The predicted octanol–water partition coefficient (Wildman–Crippen LogP) is 2.75. The van der Waals surface area contributed by atoms with Crippen LogP contribution in [0.15, 0.2) is 30.3 Å². The lowest BCUT2D eigenvalue weighted by atomic mass is 10.2. The van der Waals surface area contributed by atoms with Crippen molar-refractivity contribution in [2.45, 2.75) is 25.8 Å². The maximum atomic E-state index is 11.9. The van der Waals surface area contributed by atoms with E-state index in [1.807, 2.05) is 49.0 Å². The van der Waals surface area contributed by atoms with Gasteiger partial charge >= 0.3 is 0 Å². The minimum atomic E-state index is -0.153. The van der Waals surface area contributed by atoms with Gasteiger partial charge < -0.3 is 10.6 Å². The zero-order chi connectivity index (χ0) is 13.2. The lowest BCUT2D eigenvalue weighted by Gasteiger charge is -2.13. The van der Waals surface area contributed by atoms with Crippen LogP contribution in [0.25, 0.3) is 0 Å². The molecule has 1 rings (SSSR count). The summed E-state index contributed by atoms with van der Waals surface area (Å²) in [4.78, 5) is 11.9. The molecule has 0 saturated carbocycles. The largest absolute Gasteiger partial charge is 0.325 e. The molecule has 1 aromatic carbocycles. The Morgan fingerprint density at radius 3 is 2.67 bits per heavy atom. The summed E-state index contributed by atoms with van der Waals surface area (Å²) < 4.78 is 0. The summed E-state index contributed by atoms with van der Waals surface area (Å²) in [7, 11) is 0. The number of amides is 1. The smallest absolute Gasteiger partial charge is 0.241 e. The molecule has 1 amide bonds. The van der Waals surface area contributed by atoms with E-state index in [-0.39, 0.29) is 11.9 Å². The summed E-state index contributed by atoms with van der Waals surface area (Å²) in [5.74, 6) is 1.21. The van der Waals surface area contributed by atoms with Crippen molar-refractivity contribution in [3.05, 3.63) is 30.3 Å². The van der Waals surface area contributed by atoms with Crippen LogP contribution >= 0.6 is 11.8 Å². The molecule has 0 aliphatic heterocycles. The number of unbranched alkanes of at least 4 members (excludes halogenated alkanes) is 1. The summed E-state index contributed by atoms with van der Waals surface area (Å²) in [6.07, 6.45) is 4.42. The van der Waals surface area contributed by atoms with Crippen LogP contribution in [0.3, 0.4) is 0 Å². The number of benzene rings is 1. The molecule has 3 nitrogen and oxygen atoms in total. The third-order valence-electron chi connectivity index (χ3n) is 2.66. The predicted molar refractivity (Wildman–Crippen MR) is 80.2 cm³/mol. The van der Waals surface area contributed by atoms with Gasteiger partial charge in [0.05, 0.1) is 6.04 Å². The van der Waals surface area contributed by atoms with E-state index in [2.05, 4.69) is 16.9 Å². The molecule has 100 valence electrons. The standard InChI is InChI=1S/C14H22N2OS/c1-12(15-10-6-7-11-18-2)14(17)16-13-8-4-3-5-9-13/h3-5,8-9,12,15H,6-7,10-11H2,1-2H3,(H,16,17). The minimum Gasteiger partial charge on any atom is -0.325 e. The Kier molecular flexibility index (Phi) is 7.53. The first kappa shape index (κ1) is 15.1. The van der Waals surface area contributed by atoms with E-state index >= 15 is 0 Å². The molecule has 1 unspecified atom stereocenters. The number of nitrogens with one attached hydrogen (secondary N) is 2. The first-order valence-electron chi connectivity index (χ1n) is 6.32. The lowest BCUT2D eigenvalue weighted by molar-refractivity contribution is -0.117. The van der Waals surface area contributed by atoms with Gasteiger partial charge in [-0.1, -0.05) is 18.2 Å². The molecular weight excluding hydrogens is 244 g/mol. The molecular formula is C14H22N2OS. The van der Waals surface area contributed by atoms with Crippen LogP contribution in [0.5, 0.6) is 0 Å². The molecule has 0 aromatic heterocycles. The third-order valence-corrected chi connectivity index (χ3v) is 3.36. The molecule has 2 N–H and O–H groups in total. The van der Waals surface area contributed by atoms with E-state index in [9.17, 15) is 4.79 Å². The minimum absolute atomic E-state index is 0.0195. The molecule has 1 atom stereocenters. The summed E-state index contributed by atoms with van der Waals surface area (Å²) in [5, 5.41) is 6.13. The Balaban J connectivity index is 2.21. The second-order valence-corrected chi connectivity index (χ2v) is 5.22. The monoisotopic (exact) mass is 266 g/mol. The lowest BCUT2D eigenvalue weighted by Crippen LogP contribution is -2.38. The molecule has 4 heteroatoms. The van der Waals surface area contributed by atoms with E-state index in [0.29, 0.717) is 0 Å².